The van der Waals surface area contributed by atoms with Gasteiger partial charge in [-0.25, -0.2) is 0 Å². The summed E-state index contributed by atoms with van der Waals surface area (Å²) in [6, 6.07) is 10.4. The highest BCUT2D eigenvalue weighted by Crippen LogP contribution is 2.54. The number of nitrogens with zero attached hydrogens (tertiary/aromatic N) is 5. The van der Waals surface area contributed by atoms with E-state index in [0.29, 0.717) is 12.6 Å². The average Bonchev–Trinajstić information content (AvgIpc) is 2.79. The predicted octanol–water partition coefficient (Wildman–Crippen LogP) is 2.21. The highest BCUT2D eigenvalue weighted by molar-refractivity contribution is 5.59. The van der Waals surface area contributed by atoms with Crippen molar-refractivity contribution in [2.45, 2.75) is 39.7 Å². The van der Waals surface area contributed by atoms with Crippen molar-refractivity contribution in [2.75, 3.05) is 26.3 Å². The Kier molecular flexibility index (Phi) is 10.5. The van der Waals surface area contributed by atoms with E-state index in [1.54, 1.807) is 26.2 Å². The van der Waals surface area contributed by atoms with E-state index < -0.39 is 11.3 Å². The molecule has 0 amide bonds. The van der Waals surface area contributed by atoms with Crippen LogP contribution < -0.4 is 5.73 Å². The molecule has 8 nitrogen and oxygen atoms in total. The van der Waals surface area contributed by atoms with Gasteiger partial charge in [0.1, 0.15) is 6.07 Å². The molecule has 2 heterocycles. The number of allylic oxidation sites excluding steroid dienone is 2. The molecule has 4 N–H and O–H groups in total. The van der Waals surface area contributed by atoms with Gasteiger partial charge >= 0.3 is 0 Å². The molecule has 8 heteroatoms. The van der Waals surface area contributed by atoms with E-state index in [0.717, 1.165) is 17.7 Å². The van der Waals surface area contributed by atoms with E-state index in [4.69, 9.17) is 15.9 Å². The Morgan fingerprint density at radius 3 is 2.12 bits per heavy atom. The lowest BCUT2D eigenvalue weighted by atomic mass is 9.58. The van der Waals surface area contributed by atoms with Crippen LogP contribution in [0.2, 0.25) is 0 Å². The predicted molar refractivity (Wildman–Crippen MR) is 121 cm³/mol. The van der Waals surface area contributed by atoms with Gasteiger partial charge in [-0.2, -0.15) is 15.8 Å². The quantitative estimate of drug-likeness (QED) is 0.637. The minimum absolute atomic E-state index is 0.0623. The average molecular weight is 437 g/mol. The summed E-state index contributed by atoms with van der Waals surface area (Å²) < 4.78 is 0. The van der Waals surface area contributed by atoms with Gasteiger partial charge in [0.15, 0.2) is 5.41 Å². The van der Waals surface area contributed by atoms with Crippen molar-refractivity contribution in [1.29, 1.82) is 15.8 Å². The first-order chi connectivity index (χ1) is 15.3. The van der Waals surface area contributed by atoms with Crippen LogP contribution in [0.4, 0.5) is 0 Å². The zero-order valence-corrected chi connectivity index (χ0v) is 19.2. The highest BCUT2D eigenvalue weighted by Gasteiger charge is 2.54. The first-order valence-electron chi connectivity index (χ1n) is 10.6. The van der Waals surface area contributed by atoms with Crippen LogP contribution in [0.1, 0.15) is 39.2 Å². The number of aliphatic hydroxyl groups is 2. The maximum Gasteiger partial charge on any atom is 0.191 e. The monoisotopic (exact) mass is 436 g/mol. The molecule has 0 saturated heterocycles. The number of aromatic nitrogens is 1. The summed E-state index contributed by atoms with van der Waals surface area (Å²) in [5, 5.41) is 44.8. The molecule has 0 aromatic carbocycles. The van der Waals surface area contributed by atoms with Gasteiger partial charge in [-0.1, -0.05) is 6.08 Å². The van der Waals surface area contributed by atoms with Gasteiger partial charge in [-0.15, -0.1) is 0 Å². The number of aliphatic hydroxyl groups excluding tert-OH is 2. The lowest BCUT2D eigenvalue weighted by Gasteiger charge is -2.46. The number of hydrogen-bond donors (Lipinski definition) is 3. The van der Waals surface area contributed by atoms with Gasteiger partial charge in [-0.3, -0.25) is 9.88 Å². The van der Waals surface area contributed by atoms with Crippen LogP contribution in [0.15, 0.2) is 47.4 Å². The van der Waals surface area contributed by atoms with Gasteiger partial charge in [-0.05, 0) is 51.0 Å². The van der Waals surface area contributed by atoms with Crippen LogP contribution in [0.25, 0.3) is 0 Å². The van der Waals surface area contributed by atoms with Crippen molar-refractivity contribution in [1.82, 2.24) is 9.88 Å². The number of hydrogen-bond acceptors (Lipinski definition) is 8. The fourth-order valence-corrected chi connectivity index (χ4v) is 4.07. The summed E-state index contributed by atoms with van der Waals surface area (Å²) in [7, 11) is 0. The topological polar surface area (TPSA) is 154 Å². The Morgan fingerprint density at radius 2 is 1.69 bits per heavy atom. The molecule has 0 radical (unpaired) electrons. The standard InChI is InChI=1S/C20H20N6.2C2H6O/c1-13(2)26-8-5-15-16(9-21)19(24)20(11-22,12-23)18(17(15)10-26)14-3-6-25-7-4-14;2*1-2-3/h3-7,13,17-18H,8,10,24H2,1-2H3;2*3H,2H2,1H3/t17-,18+;;/m0../s1. The molecule has 170 valence electrons. The second-order valence-corrected chi connectivity index (χ2v) is 7.64. The van der Waals surface area contributed by atoms with Gasteiger partial charge in [0, 0.05) is 56.6 Å². The zero-order valence-electron chi connectivity index (χ0n) is 19.2. The van der Waals surface area contributed by atoms with Crippen molar-refractivity contribution < 1.29 is 10.2 Å². The molecule has 0 saturated carbocycles. The van der Waals surface area contributed by atoms with Gasteiger partial charge < -0.3 is 15.9 Å². The summed E-state index contributed by atoms with van der Waals surface area (Å²) in [5.41, 5.74) is 6.72. The van der Waals surface area contributed by atoms with Crippen molar-refractivity contribution >= 4 is 0 Å². The molecule has 2 aliphatic rings. The van der Waals surface area contributed by atoms with E-state index >= 15 is 0 Å². The maximum absolute atomic E-state index is 9.98. The molecule has 1 aliphatic heterocycles. The Balaban J connectivity index is 0.000000769. The molecule has 0 unspecified atom stereocenters. The Morgan fingerprint density at radius 1 is 1.16 bits per heavy atom. The molecule has 32 heavy (non-hydrogen) atoms. The SMILES string of the molecule is CC(C)N1CC=C2C(C#N)=C(N)C(C#N)(C#N)[C@H](c3ccncc3)[C@H]2C1.CCO.CCO. The van der Waals surface area contributed by atoms with E-state index in [1.807, 2.05) is 18.2 Å². The highest BCUT2D eigenvalue weighted by atomic mass is 16.3. The minimum atomic E-state index is -1.57. The molecule has 1 aromatic rings. The Bertz CT molecular complexity index is 918. The zero-order chi connectivity index (χ0) is 24.3. The third kappa shape index (κ3) is 5.33. The van der Waals surface area contributed by atoms with Gasteiger partial charge in [0.2, 0.25) is 0 Å². The van der Waals surface area contributed by atoms with Crippen molar-refractivity contribution in [3.8, 4) is 18.2 Å². The van der Waals surface area contributed by atoms with Gasteiger partial charge in [0.05, 0.1) is 23.4 Å². The summed E-state index contributed by atoms with van der Waals surface area (Å²) >= 11 is 0. The number of nitriles is 3. The molecular weight excluding hydrogens is 404 g/mol. The minimum Gasteiger partial charge on any atom is -0.399 e. The smallest absolute Gasteiger partial charge is 0.191 e. The number of nitrogens with two attached hydrogens (primary N) is 1. The lowest BCUT2D eigenvalue weighted by molar-refractivity contribution is 0.174. The molecule has 0 bridgehead atoms. The lowest BCUT2D eigenvalue weighted by Crippen LogP contribution is -2.49. The first-order valence-corrected chi connectivity index (χ1v) is 10.6. The van der Waals surface area contributed by atoms with E-state index in [-0.39, 0.29) is 30.4 Å². The molecule has 1 aliphatic carbocycles. The number of fused-ring (bicyclic) bond motifs is 1. The Hall–Kier alpha value is -3.22. The van der Waals surface area contributed by atoms with Crippen LogP contribution in [0, 0.1) is 45.3 Å². The van der Waals surface area contributed by atoms with E-state index in [1.165, 1.54) is 0 Å². The molecular formula is C24H32N6O2. The fraction of sp³-hybridized carbons (Fsp3) is 0.500. The van der Waals surface area contributed by atoms with Crippen molar-refractivity contribution in [3.63, 3.8) is 0 Å². The summed E-state index contributed by atoms with van der Waals surface area (Å²) in [6.07, 6.45) is 5.33. The second-order valence-electron chi connectivity index (χ2n) is 7.64. The number of pyridine rings is 1. The maximum atomic E-state index is 9.98. The molecule has 0 spiro atoms. The molecule has 1 aromatic heterocycles. The van der Waals surface area contributed by atoms with Crippen molar-refractivity contribution in [2.24, 2.45) is 17.1 Å². The van der Waals surface area contributed by atoms with Gasteiger partial charge in [0.25, 0.3) is 0 Å². The van der Waals surface area contributed by atoms with E-state index in [9.17, 15) is 15.8 Å². The third-order valence-corrected chi connectivity index (χ3v) is 5.49. The first kappa shape index (κ1) is 26.8. The number of rotatable bonds is 2. The molecule has 3 rings (SSSR count). The molecule has 0 fully saturated rings. The summed E-state index contributed by atoms with van der Waals surface area (Å²) in [6.45, 7) is 9.47. The van der Waals surface area contributed by atoms with Crippen LogP contribution >= 0.6 is 0 Å². The van der Waals surface area contributed by atoms with Crippen molar-refractivity contribution in [3.05, 3.63) is 53.0 Å². The van der Waals surface area contributed by atoms with Crippen LogP contribution in [-0.4, -0.2) is 52.4 Å². The summed E-state index contributed by atoms with van der Waals surface area (Å²) in [5.74, 6) is -0.611. The second kappa shape index (κ2) is 12.6. The van der Waals surface area contributed by atoms with E-state index in [2.05, 4.69) is 41.9 Å². The van der Waals surface area contributed by atoms with Crippen LogP contribution in [0.3, 0.4) is 0 Å². The van der Waals surface area contributed by atoms with Crippen LogP contribution in [-0.2, 0) is 0 Å². The summed E-state index contributed by atoms with van der Waals surface area (Å²) in [4.78, 5) is 6.33. The third-order valence-electron chi connectivity index (χ3n) is 5.49. The van der Waals surface area contributed by atoms with Crippen LogP contribution in [0.5, 0.6) is 0 Å². The fourth-order valence-electron chi connectivity index (χ4n) is 4.07. The molecule has 2 atom stereocenters. The largest absolute Gasteiger partial charge is 0.399 e. The normalized spacial score (nSPS) is 21.3. The Labute approximate surface area is 190 Å².